The van der Waals surface area contributed by atoms with E-state index in [0.717, 1.165) is 0 Å². The van der Waals surface area contributed by atoms with Gasteiger partial charge in [0.25, 0.3) is 0 Å². The zero-order valence-corrected chi connectivity index (χ0v) is 12.4. The summed E-state index contributed by atoms with van der Waals surface area (Å²) >= 11 is 0. The Kier molecular flexibility index (Phi) is 16.2. The summed E-state index contributed by atoms with van der Waals surface area (Å²) < 4.78 is 20.6. The highest BCUT2D eigenvalue weighted by atomic mass is 16.5. The summed E-state index contributed by atoms with van der Waals surface area (Å²) in [5.41, 5.74) is 16.1. The van der Waals surface area contributed by atoms with Gasteiger partial charge in [-0.2, -0.15) is 0 Å². The maximum Gasteiger partial charge on any atom is 0.101 e. The SMILES string of the molecule is [N-]=[N+]=NCCOCCOCC(O)COCCOCCN=[N+]=[N-]. The smallest absolute Gasteiger partial charge is 0.101 e. The van der Waals surface area contributed by atoms with Gasteiger partial charge in [-0.25, -0.2) is 0 Å². The predicted octanol–water partition coefficient (Wildman–Crippen LogP) is 1.03. The zero-order valence-electron chi connectivity index (χ0n) is 12.4. The maximum atomic E-state index is 9.55. The van der Waals surface area contributed by atoms with Crippen molar-refractivity contribution >= 4 is 0 Å². The Morgan fingerprint density at radius 1 is 0.727 bits per heavy atom. The van der Waals surface area contributed by atoms with Crippen LogP contribution in [0.25, 0.3) is 20.9 Å². The highest BCUT2D eigenvalue weighted by Crippen LogP contribution is 1.89. The standard InChI is InChI=1S/C11H22N6O5/c12-16-14-1-3-19-5-7-21-9-11(18)10-22-8-6-20-4-2-15-17-13/h11,18H,1-10H2. The van der Waals surface area contributed by atoms with Crippen LogP contribution in [0.2, 0.25) is 0 Å². The van der Waals surface area contributed by atoms with Crippen LogP contribution in [0.15, 0.2) is 10.2 Å². The second-order valence-electron chi connectivity index (χ2n) is 3.94. The van der Waals surface area contributed by atoms with Crippen molar-refractivity contribution in [3.8, 4) is 0 Å². The number of aliphatic hydroxyl groups excluding tert-OH is 1. The molecule has 0 heterocycles. The van der Waals surface area contributed by atoms with Crippen molar-refractivity contribution in [1.82, 2.24) is 0 Å². The van der Waals surface area contributed by atoms with E-state index in [1.165, 1.54) is 0 Å². The molecule has 11 heteroatoms. The maximum absolute atomic E-state index is 9.55. The van der Waals surface area contributed by atoms with Gasteiger partial charge in [0.05, 0.1) is 52.9 Å². The van der Waals surface area contributed by atoms with Gasteiger partial charge in [0.15, 0.2) is 0 Å². The Bertz CT molecular complexity index is 314. The van der Waals surface area contributed by atoms with Crippen LogP contribution in [0.5, 0.6) is 0 Å². The highest BCUT2D eigenvalue weighted by Gasteiger charge is 2.04. The minimum atomic E-state index is -0.716. The fourth-order valence-corrected chi connectivity index (χ4v) is 1.23. The zero-order chi connectivity index (χ0) is 16.3. The van der Waals surface area contributed by atoms with E-state index < -0.39 is 6.10 Å². The summed E-state index contributed by atoms with van der Waals surface area (Å²) in [6, 6.07) is 0. The molecule has 1 N–H and O–H groups in total. The van der Waals surface area contributed by atoms with E-state index in [9.17, 15) is 5.11 Å². The first-order valence-corrected chi connectivity index (χ1v) is 6.82. The van der Waals surface area contributed by atoms with Crippen molar-refractivity contribution in [1.29, 1.82) is 0 Å². The molecule has 0 unspecified atom stereocenters. The molecule has 0 aliphatic heterocycles. The van der Waals surface area contributed by atoms with Gasteiger partial charge in [0.1, 0.15) is 6.10 Å². The average molecular weight is 318 g/mol. The Hall–Kier alpha value is -1.58. The van der Waals surface area contributed by atoms with E-state index in [2.05, 4.69) is 20.1 Å². The van der Waals surface area contributed by atoms with E-state index in [1.807, 2.05) is 0 Å². The first-order valence-electron chi connectivity index (χ1n) is 6.82. The minimum Gasteiger partial charge on any atom is -0.388 e. The van der Waals surface area contributed by atoms with Crippen LogP contribution in [0, 0.1) is 0 Å². The Labute approximate surface area is 128 Å². The first kappa shape index (κ1) is 20.4. The molecule has 0 saturated carbocycles. The topological polar surface area (TPSA) is 155 Å². The van der Waals surface area contributed by atoms with Crippen molar-refractivity contribution in [2.75, 3.05) is 65.9 Å². The van der Waals surface area contributed by atoms with Crippen molar-refractivity contribution in [2.45, 2.75) is 6.10 Å². The molecule has 126 valence electrons. The van der Waals surface area contributed by atoms with Gasteiger partial charge < -0.3 is 24.1 Å². The summed E-state index contributed by atoms with van der Waals surface area (Å²) in [7, 11) is 0. The molecular formula is C11H22N6O5. The molecule has 0 radical (unpaired) electrons. The number of azide groups is 2. The number of nitrogens with zero attached hydrogens (tertiary/aromatic N) is 6. The summed E-state index contributed by atoms with van der Waals surface area (Å²) in [5.74, 6) is 0. The number of hydrogen-bond acceptors (Lipinski definition) is 7. The average Bonchev–Trinajstić information content (AvgIpc) is 2.52. The Morgan fingerprint density at radius 2 is 1.14 bits per heavy atom. The van der Waals surface area contributed by atoms with Gasteiger partial charge in [0.2, 0.25) is 0 Å². The van der Waals surface area contributed by atoms with Crippen LogP contribution >= 0.6 is 0 Å². The fraction of sp³-hybridized carbons (Fsp3) is 1.00. The lowest BCUT2D eigenvalue weighted by Crippen LogP contribution is -2.24. The minimum absolute atomic E-state index is 0.150. The number of aliphatic hydroxyl groups is 1. The molecule has 0 aromatic rings. The monoisotopic (exact) mass is 318 g/mol. The molecule has 0 saturated heterocycles. The molecule has 0 aromatic carbocycles. The number of ether oxygens (including phenoxy) is 4. The van der Waals surface area contributed by atoms with Crippen LogP contribution in [0.3, 0.4) is 0 Å². The Morgan fingerprint density at radius 3 is 1.55 bits per heavy atom. The second kappa shape index (κ2) is 17.5. The first-order chi connectivity index (χ1) is 10.8. The van der Waals surface area contributed by atoms with Crippen LogP contribution in [0.4, 0.5) is 0 Å². The van der Waals surface area contributed by atoms with E-state index in [-0.39, 0.29) is 26.3 Å². The van der Waals surface area contributed by atoms with E-state index in [0.29, 0.717) is 39.6 Å². The van der Waals surface area contributed by atoms with Crippen molar-refractivity contribution in [2.24, 2.45) is 10.2 Å². The van der Waals surface area contributed by atoms with Crippen molar-refractivity contribution < 1.29 is 24.1 Å². The van der Waals surface area contributed by atoms with Gasteiger partial charge in [0, 0.05) is 22.9 Å². The van der Waals surface area contributed by atoms with Crippen LogP contribution in [-0.4, -0.2) is 77.2 Å². The second-order valence-corrected chi connectivity index (χ2v) is 3.94. The number of hydrogen-bond donors (Lipinski definition) is 1. The molecule has 0 aliphatic carbocycles. The third kappa shape index (κ3) is 16.5. The molecule has 11 nitrogen and oxygen atoms in total. The van der Waals surface area contributed by atoms with Gasteiger partial charge in [-0.1, -0.05) is 10.2 Å². The third-order valence-electron chi connectivity index (χ3n) is 2.16. The lowest BCUT2D eigenvalue weighted by atomic mass is 10.4. The van der Waals surface area contributed by atoms with E-state index in [4.69, 9.17) is 30.0 Å². The van der Waals surface area contributed by atoms with Crippen LogP contribution < -0.4 is 0 Å². The highest BCUT2D eigenvalue weighted by molar-refractivity contribution is 4.51. The third-order valence-corrected chi connectivity index (χ3v) is 2.16. The lowest BCUT2D eigenvalue weighted by Gasteiger charge is -2.12. The predicted molar refractivity (Wildman–Crippen MR) is 77.3 cm³/mol. The molecule has 0 spiro atoms. The van der Waals surface area contributed by atoms with E-state index in [1.54, 1.807) is 0 Å². The summed E-state index contributed by atoms with van der Waals surface area (Å²) in [5, 5.41) is 16.2. The quantitative estimate of drug-likeness (QED) is 0.195. The van der Waals surface area contributed by atoms with Crippen LogP contribution in [0.1, 0.15) is 0 Å². The van der Waals surface area contributed by atoms with Crippen LogP contribution in [-0.2, 0) is 18.9 Å². The molecule has 0 bridgehead atoms. The molecule has 0 fully saturated rings. The van der Waals surface area contributed by atoms with Crippen molar-refractivity contribution in [3.05, 3.63) is 20.9 Å². The van der Waals surface area contributed by atoms with E-state index >= 15 is 0 Å². The van der Waals surface area contributed by atoms with Gasteiger partial charge in [-0.3, -0.25) is 0 Å². The summed E-state index contributed by atoms with van der Waals surface area (Å²) in [4.78, 5) is 5.18. The van der Waals surface area contributed by atoms with Gasteiger partial charge >= 0.3 is 0 Å². The largest absolute Gasteiger partial charge is 0.388 e. The molecule has 0 atom stereocenters. The van der Waals surface area contributed by atoms with Crippen molar-refractivity contribution in [3.63, 3.8) is 0 Å². The molecular weight excluding hydrogens is 296 g/mol. The molecule has 0 amide bonds. The molecule has 22 heavy (non-hydrogen) atoms. The molecule has 0 aliphatic rings. The van der Waals surface area contributed by atoms with Gasteiger partial charge in [-0.15, -0.1) is 0 Å². The number of rotatable bonds is 16. The Balaban J connectivity index is 3.20. The normalized spacial score (nSPS) is 11.5. The van der Waals surface area contributed by atoms with Gasteiger partial charge in [-0.05, 0) is 11.1 Å². The molecule has 0 rings (SSSR count). The summed E-state index contributed by atoms with van der Waals surface area (Å²) in [6.07, 6.45) is -0.716. The fourth-order valence-electron chi connectivity index (χ4n) is 1.23. The lowest BCUT2D eigenvalue weighted by molar-refractivity contribution is -0.0404. The summed E-state index contributed by atoms with van der Waals surface area (Å²) in [6.45, 7) is 3.00. The molecule has 0 aromatic heterocycles.